The highest BCUT2D eigenvalue weighted by Gasteiger charge is 2.39. The first kappa shape index (κ1) is 25.8. The summed E-state index contributed by atoms with van der Waals surface area (Å²) in [6, 6.07) is 4.79. The van der Waals surface area contributed by atoms with Gasteiger partial charge in [0.2, 0.25) is 0 Å². The predicted octanol–water partition coefficient (Wildman–Crippen LogP) is 4.48. The molecule has 3 rings (SSSR count). The van der Waals surface area contributed by atoms with Crippen molar-refractivity contribution < 1.29 is 50.5 Å². The lowest BCUT2D eigenvalue weighted by Gasteiger charge is -2.16. The van der Waals surface area contributed by atoms with Gasteiger partial charge in [-0.3, -0.25) is 14.8 Å². The Balaban J connectivity index is 1.80. The van der Waals surface area contributed by atoms with Crippen LogP contribution in [0.5, 0.6) is 5.75 Å². The number of aromatic nitrogens is 2. The number of nitrogens with zero attached hydrogens (tertiary/aromatic N) is 2. The summed E-state index contributed by atoms with van der Waals surface area (Å²) in [5.41, 5.74) is -2.61. The summed E-state index contributed by atoms with van der Waals surface area (Å²) in [6.45, 7) is -0.648. The molecule has 2 aromatic heterocycles. The highest BCUT2D eigenvalue weighted by molar-refractivity contribution is 6.04. The van der Waals surface area contributed by atoms with Gasteiger partial charge in [0.15, 0.2) is 5.82 Å². The zero-order valence-electron chi connectivity index (χ0n) is 17.2. The summed E-state index contributed by atoms with van der Waals surface area (Å²) in [5, 5.41) is 20.5. The number of ether oxygens (including phenoxy) is 1. The maximum atomic E-state index is 14.3. The summed E-state index contributed by atoms with van der Waals surface area (Å²) >= 11 is 0. The molecule has 14 heteroatoms. The monoisotopic (exact) mass is 505 g/mol. The van der Waals surface area contributed by atoms with Gasteiger partial charge in [-0.25, -0.2) is 4.39 Å². The molecule has 0 spiro atoms. The van der Waals surface area contributed by atoms with Crippen LogP contribution in [0.4, 0.5) is 36.4 Å². The molecule has 3 N–H and O–H groups in total. The van der Waals surface area contributed by atoms with Gasteiger partial charge in [0.25, 0.3) is 5.91 Å². The van der Waals surface area contributed by atoms with E-state index in [-0.39, 0.29) is 28.6 Å². The highest BCUT2D eigenvalue weighted by Crippen LogP contribution is 2.40. The lowest BCUT2D eigenvalue weighted by molar-refractivity contribution is -0.276. The molecule has 0 unspecified atom stereocenters. The second-order valence-corrected chi connectivity index (χ2v) is 6.94. The van der Waals surface area contributed by atoms with Crippen molar-refractivity contribution in [1.29, 1.82) is 0 Å². The van der Waals surface area contributed by atoms with Gasteiger partial charge < -0.3 is 20.3 Å². The van der Waals surface area contributed by atoms with Gasteiger partial charge in [-0.2, -0.15) is 13.2 Å². The molecule has 186 valence electrons. The molecule has 0 aliphatic carbocycles. The van der Waals surface area contributed by atoms with Gasteiger partial charge in [-0.15, -0.1) is 13.2 Å². The Morgan fingerprint density at radius 1 is 1.03 bits per heavy atom. The third-order valence-electron chi connectivity index (χ3n) is 4.46. The second kappa shape index (κ2) is 9.84. The molecular weight excluding hydrogens is 491 g/mol. The van der Waals surface area contributed by atoms with E-state index in [9.17, 15) is 40.6 Å². The Morgan fingerprint density at radius 2 is 1.74 bits per heavy atom. The van der Waals surface area contributed by atoms with Crippen LogP contribution in [0.1, 0.15) is 27.6 Å². The van der Waals surface area contributed by atoms with E-state index in [0.29, 0.717) is 6.07 Å². The van der Waals surface area contributed by atoms with E-state index in [1.165, 1.54) is 12.1 Å². The minimum Gasteiger partial charge on any atom is -0.405 e. The van der Waals surface area contributed by atoms with Crippen molar-refractivity contribution in [2.45, 2.75) is 18.6 Å². The summed E-state index contributed by atoms with van der Waals surface area (Å²) in [6.07, 6.45) is -9.80. The van der Waals surface area contributed by atoms with Crippen molar-refractivity contribution in [3.05, 3.63) is 71.3 Å². The first-order valence-corrected chi connectivity index (χ1v) is 9.47. The average Bonchev–Trinajstić information content (AvgIpc) is 2.78. The predicted molar refractivity (Wildman–Crippen MR) is 106 cm³/mol. The third kappa shape index (κ3) is 6.42. The molecule has 0 saturated heterocycles. The number of nitrogens with one attached hydrogen (secondary N) is 1. The van der Waals surface area contributed by atoms with Gasteiger partial charge in [0.1, 0.15) is 17.5 Å². The van der Waals surface area contributed by atoms with Crippen molar-refractivity contribution in [3.8, 4) is 17.1 Å². The number of anilines is 1. The molecule has 3 aromatic rings. The zero-order valence-corrected chi connectivity index (χ0v) is 17.2. The molecule has 0 aliphatic rings. The van der Waals surface area contributed by atoms with E-state index < -0.39 is 54.0 Å². The number of hydrogen-bond donors (Lipinski definition) is 3. The molecule has 0 bridgehead atoms. The Hall–Kier alpha value is -3.78. The molecule has 1 amide bonds. The average molecular weight is 505 g/mol. The summed E-state index contributed by atoms with van der Waals surface area (Å²) in [7, 11) is 0. The molecule has 1 atom stereocenters. The quantitative estimate of drug-likeness (QED) is 0.427. The minimum absolute atomic E-state index is 0.0166. The van der Waals surface area contributed by atoms with Gasteiger partial charge in [0, 0.05) is 23.6 Å². The molecule has 0 fully saturated rings. The number of benzene rings is 1. The first-order valence-electron chi connectivity index (χ1n) is 9.47. The number of carbonyl (C=O) groups excluding carboxylic acids is 1. The molecule has 2 heterocycles. The van der Waals surface area contributed by atoms with Crippen LogP contribution in [0, 0.1) is 5.82 Å². The fourth-order valence-corrected chi connectivity index (χ4v) is 2.84. The number of alkyl halides is 6. The van der Waals surface area contributed by atoms with E-state index >= 15 is 0 Å². The van der Waals surface area contributed by atoms with Crippen LogP contribution in [0.25, 0.3) is 11.4 Å². The molecule has 1 aromatic carbocycles. The van der Waals surface area contributed by atoms with E-state index in [1.54, 1.807) is 0 Å². The number of pyridine rings is 2. The highest BCUT2D eigenvalue weighted by atomic mass is 19.4. The molecular formula is C21H14F7N3O4. The third-order valence-corrected chi connectivity index (χ3v) is 4.46. The van der Waals surface area contributed by atoms with Crippen LogP contribution in [0.15, 0.2) is 48.8 Å². The van der Waals surface area contributed by atoms with Crippen LogP contribution in [-0.4, -0.2) is 39.1 Å². The Bertz CT molecular complexity index is 1220. The largest absolute Gasteiger partial charge is 0.573 e. The second-order valence-electron chi connectivity index (χ2n) is 6.94. The Labute approximate surface area is 191 Å². The number of rotatable bonds is 6. The molecule has 35 heavy (non-hydrogen) atoms. The number of aliphatic hydroxyl groups excluding tert-OH is 2. The molecule has 7 nitrogen and oxygen atoms in total. The maximum Gasteiger partial charge on any atom is 0.573 e. The van der Waals surface area contributed by atoms with Crippen molar-refractivity contribution in [2.75, 3.05) is 11.9 Å². The zero-order chi connectivity index (χ0) is 26.0. The molecule has 0 saturated carbocycles. The normalized spacial score (nSPS) is 12.8. The molecule has 0 aliphatic heterocycles. The number of hydrogen-bond acceptors (Lipinski definition) is 6. The van der Waals surface area contributed by atoms with Gasteiger partial charge in [0.05, 0.1) is 23.4 Å². The number of halogens is 7. The van der Waals surface area contributed by atoms with Crippen LogP contribution in [-0.2, 0) is 6.18 Å². The van der Waals surface area contributed by atoms with Crippen LogP contribution >= 0.6 is 0 Å². The number of carbonyl (C=O) groups is 1. The smallest absolute Gasteiger partial charge is 0.405 e. The van der Waals surface area contributed by atoms with Gasteiger partial charge in [-0.1, -0.05) is 0 Å². The van der Waals surface area contributed by atoms with E-state index in [1.807, 2.05) is 0 Å². The number of amides is 1. The SMILES string of the molecule is O=C(Nc1ccc(OC(F)(F)F)c(C(F)(F)F)c1)c1ccc(-c2ncc([C@@H](O)CO)cc2F)nc1. The Morgan fingerprint density at radius 3 is 2.29 bits per heavy atom. The fraction of sp³-hybridized carbons (Fsp3) is 0.190. The van der Waals surface area contributed by atoms with Crippen molar-refractivity contribution in [3.63, 3.8) is 0 Å². The van der Waals surface area contributed by atoms with Crippen LogP contribution < -0.4 is 10.1 Å². The maximum absolute atomic E-state index is 14.3. The first-order chi connectivity index (χ1) is 16.3. The van der Waals surface area contributed by atoms with Crippen molar-refractivity contribution in [2.24, 2.45) is 0 Å². The van der Waals surface area contributed by atoms with Gasteiger partial charge >= 0.3 is 12.5 Å². The Kier molecular flexibility index (Phi) is 7.26. The van der Waals surface area contributed by atoms with Crippen molar-refractivity contribution in [1.82, 2.24) is 9.97 Å². The lowest BCUT2D eigenvalue weighted by Crippen LogP contribution is -2.20. The standard InChI is InChI=1S/C21H14F7N3O4/c22-14-5-11(16(33)9-32)8-30-18(14)15-3-1-10(7-29-15)19(34)31-12-2-4-17(35-21(26,27)28)13(6-12)20(23,24)25/h1-8,16,32-33H,9H2,(H,31,34)/t16-/m0/s1. The van der Waals surface area contributed by atoms with Crippen LogP contribution in [0.2, 0.25) is 0 Å². The van der Waals surface area contributed by atoms with Crippen LogP contribution in [0.3, 0.4) is 0 Å². The van der Waals surface area contributed by atoms with Gasteiger partial charge in [-0.05, 0) is 36.4 Å². The van der Waals surface area contributed by atoms with E-state index in [0.717, 1.165) is 24.5 Å². The fourth-order valence-electron chi connectivity index (χ4n) is 2.84. The van der Waals surface area contributed by atoms with E-state index in [2.05, 4.69) is 20.0 Å². The topological polar surface area (TPSA) is 105 Å². The minimum atomic E-state index is -5.36. The lowest BCUT2D eigenvalue weighted by atomic mass is 10.1. The molecule has 0 radical (unpaired) electrons. The summed E-state index contributed by atoms with van der Waals surface area (Å²) < 4.78 is 94.3. The van der Waals surface area contributed by atoms with E-state index in [4.69, 9.17) is 5.11 Å². The van der Waals surface area contributed by atoms with Crippen molar-refractivity contribution >= 4 is 11.6 Å². The number of aliphatic hydroxyl groups is 2. The summed E-state index contributed by atoms with van der Waals surface area (Å²) in [4.78, 5) is 20.1. The summed E-state index contributed by atoms with van der Waals surface area (Å²) in [5.74, 6) is -3.31.